The highest BCUT2D eigenvalue weighted by Gasteiger charge is 2.45. The quantitative estimate of drug-likeness (QED) is 0.751. The molecule has 1 fully saturated rings. The molecule has 3 unspecified atom stereocenters. The highest BCUT2D eigenvalue weighted by atomic mass is 15.1. The zero-order valence-electron chi connectivity index (χ0n) is 10.8. The fourth-order valence-electron chi connectivity index (χ4n) is 2.02. The van der Waals surface area contributed by atoms with Gasteiger partial charge in [-0.3, -0.25) is 10.3 Å². The molecule has 1 aliphatic carbocycles. The van der Waals surface area contributed by atoms with Gasteiger partial charge in [0.2, 0.25) is 0 Å². The Morgan fingerprint density at radius 2 is 2.11 bits per heavy atom. The molecule has 0 heterocycles. The van der Waals surface area contributed by atoms with Crippen LogP contribution in [0, 0.1) is 5.92 Å². The van der Waals surface area contributed by atoms with Crippen LogP contribution in [-0.4, -0.2) is 25.0 Å². The van der Waals surface area contributed by atoms with E-state index >= 15 is 0 Å². The molecule has 96 valence electrons. The summed E-state index contributed by atoms with van der Waals surface area (Å²) in [4.78, 5) is 4.24. The number of nitrogens with two attached hydrogens (primary N) is 1. The number of benzene rings is 1. The molecule has 18 heavy (non-hydrogen) atoms. The Morgan fingerprint density at radius 1 is 1.33 bits per heavy atom. The lowest BCUT2D eigenvalue weighted by Crippen LogP contribution is -2.23. The van der Waals surface area contributed by atoms with Crippen molar-refractivity contribution in [2.75, 3.05) is 6.67 Å². The third-order valence-electron chi connectivity index (χ3n) is 3.17. The summed E-state index contributed by atoms with van der Waals surface area (Å²) in [5, 5.41) is 3.35. The average Bonchev–Trinajstić information content (AvgIpc) is 3.03. The topological polar surface area (TPSA) is 50.4 Å². The summed E-state index contributed by atoms with van der Waals surface area (Å²) in [7, 11) is 0. The van der Waals surface area contributed by atoms with Gasteiger partial charge in [0.25, 0.3) is 0 Å². The lowest BCUT2D eigenvalue weighted by molar-refractivity contribution is 0.674. The standard InChI is InChI=1S/C15H21N3/c1-2-10-17-11-18-15-13(14(15)16)9-8-12-6-4-3-5-7-12/h3-10,13-15,18H,2,11,16H2,1H3/b9-8+,17-10+. The number of nitrogens with one attached hydrogen (secondary N) is 1. The normalized spacial score (nSPS) is 27.1. The van der Waals surface area contributed by atoms with Gasteiger partial charge in [0.1, 0.15) is 0 Å². The largest absolute Gasteiger partial charge is 0.326 e. The van der Waals surface area contributed by atoms with Crippen molar-refractivity contribution in [3.8, 4) is 0 Å². The number of rotatable bonds is 6. The molecule has 1 aromatic rings. The fraction of sp³-hybridized carbons (Fsp3) is 0.400. The van der Waals surface area contributed by atoms with Crippen molar-refractivity contribution in [2.24, 2.45) is 16.6 Å². The maximum Gasteiger partial charge on any atom is 0.0883 e. The number of nitrogens with zero attached hydrogens (tertiary/aromatic N) is 1. The molecule has 1 aliphatic rings. The Hall–Kier alpha value is -1.45. The predicted octanol–water partition coefficient (Wildman–Crippen LogP) is 2.05. The van der Waals surface area contributed by atoms with Crippen LogP contribution in [0.2, 0.25) is 0 Å². The van der Waals surface area contributed by atoms with E-state index in [9.17, 15) is 0 Å². The molecule has 0 bridgehead atoms. The molecule has 0 aromatic heterocycles. The number of hydrogen-bond donors (Lipinski definition) is 2. The van der Waals surface area contributed by atoms with Crippen molar-refractivity contribution >= 4 is 12.3 Å². The Balaban J connectivity index is 1.78. The minimum absolute atomic E-state index is 0.224. The van der Waals surface area contributed by atoms with E-state index in [2.05, 4.69) is 41.5 Å². The van der Waals surface area contributed by atoms with E-state index < -0.39 is 0 Å². The van der Waals surface area contributed by atoms with Crippen molar-refractivity contribution in [3.05, 3.63) is 42.0 Å². The van der Waals surface area contributed by atoms with Gasteiger partial charge < -0.3 is 5.73 Å². The lowest BCUT2D eigenvalue weighted by Gasteiger charge is -1.97. The van der Waals surface area contributed by atoms with Gasteiger partial charge in [0.05, 0.1) is 6.67 Å². The monoisotopic (exact) mass is 243 g/mol. The van der Waals surface area contributed by atoms with E-state index in [0.29, 0.717) is 18.6 Å². The molecule has 2 rings (SSSR count). The van der Waals surface area contributed by atoms with Gasteiger partial charge in [0.15, 0.2) is 0 Å². The molecule has 0 radical (unpaired) electrons. The van der Waals surface area contributed by atoms with Crippen molar-refractivity contribution < 1.29 is 0 Å². The molecule has 0 aliphatic heterocycles. The summed E-state index contributed by atoms with van der Waals surface area (Å²) < 4.78 is 0. The summed E-state index contributed by atoms with van der Waals surface area (Å²) in [5.41, 5.74) is 7.25. The predicted molar refractivity (Wildman–Crippen MR) is 77.5 cm³/mol. The maximum absolute atomic E-state index is 6.02. The van der Waals surface area contributed by atoms with E-state index in [1.165, 1.54) is 5.56 Å². The minimum Gasteiger partial charge on any atom is -0.326 e. The fourth-order valence-corrected chi connectivity index (χ4v) is 2.02. The van der Waals surface area contributed by atoms with Gasteiger partial charge in [-0.05, 0) is 12.0 Å². The van der Waals surface area contributed by atoms with E-state index in [1.807, 2.05) is 24.4 Å². The molecular formula is C15H21N3. The van der Waals surface area contributed by atoms with Crippen LogP contribution in [0.15, 0.2) is 41.4 Å². The molecule has 3 nitrogen and oxygen atoms in total. The summed E-state index contributed by atoms with van der Waals surface area (Å²) in [5.74, 6) is 0.432. The first kappa shape index (κ1) is 13.0. The zero-order valence-corrected chi connectivity index (χ0v) is 10.8. The highest BCUT2D eigenvalue weighted by molar-refractivity contribution is 5.56. The van der Waals surface area contributed by atoms with Crippen LogP contribution < -0.4 is 11.1 Å². The van der Waals surface area contributed by atoms with E-state index in [0.717, 1.165) is 6.42 Å². The Morgan fingerprint density at radius 3 is 2.83 bits per heavy atom. The van der Waals surface area contributed by atoms with Crippen molar-refractivity contribution in [3.63, 3.8) is 0 Å². The van der Waals surface area contributed by atoms with Gasteiger partial charge >= 0.3 is 0 Å². The van der Waals surface area contributed by atoms with Crippen LogP contribution in [0.25, 0.3) is 6.08 Å². The molecule has 0 spiro atoms. The summed E-state index contributed by atoms with van der Waals surface area (Å²) in [6.07, 6.45) is 7.24. The molecule has 3 heteroatoms. The molecule has 3 atom stereocenters. The third-order valence-corrected chi connectivity index (χ3v) is 3.17. The molecular weight excluding hydrogens is 222 g/mol. The zero-order chi connectivity index (χ0) is 12.8. The van der Waals surface area contributed by atoms with E-state index in [-0.39, 0.29) is 6.04 Å². The van der Waals surface area contributed by atoms with Crippen molar-refractivity contribution in [1.82, 2.24) is 5.32 Å². The Kier molecular flexibility index (Phi) is 4.67. The average molecular weight is 243 g/mol. The van der Waals surface area contributed by atoms with Crippen LogP contribution in [0.4, 0.5) is 0 Å². The van der Waals surface area contributed by atoms with Crippen molar-refractivity contribution in [1.29, 1.82) is 0 Å². The number of aliphatic imine (C=N–C) groups is 1. The van der Waals surface area contributed by atoms with Crippen LogP contribution >= 0.6 is 0 Å². The summed E-state index contributed by atoms with van der Waals surface area (Å²) >= 11 is 0. The maximum atomic E-state index is 6.02. The second-order valence-electron chi connectivity index (χ2n) is 4.59. The first-order valence-electron chi connectivity index (χ1n) is 6.53. The smallest absolute Gasteiger partial charge is 0.0883 e. The first-order chi connectivity index (χ1) is 8.83. The van der Waals surface area contributed by atoms with E-state index in [4.69, 9.17) is 5.73 Å². The molecule has 0 saturated heterocycles. The van der Waals surface area contributed by atoms with Gasteiger partial charge in [-0.2, -0.15) is 0 Å². The van der Waals surface area contributed by atoms with Gasteiger partial charge in [-0.1, -0.05) is 49.4 Å². The number of hydrogen-bond acceptors (Lipinski definition) is 3. The molecule has 0 amide bonds. The summed E-state index contributed by atoms with van der Waals surface area (Å²) in [6.45, 7) is 2.75. The van der Waals surface area contributed by atoms with Gasteiger partial charge in [-0.15, -0.1) is 0 Å². The minimum atomic E-state index is 0.224. The molecule has 3 N–H and O–H groups in total. The first-order valence-corrected chi connectivity index (χ1v) is 6.53. The van der Waals surface area contributed by atoms with Crippen LogP contribution in [0.1, 0.15) is 18.9 Å². The lowest BCUT2D eigenvalue weighted by atomic mass is 10.2. The second kappa shape index (κ2) is 6.47. The van der Waals surface area contributed by atoms with Crippen LogP contribution in [-0.2, 0) is 0 Å². The summed E-state index contributed by atoms with van der Waals surface area (Å²) in [6, 6.07) is 10.9. The second-order valence-corrected chi connectivity index (χ2v) is 4.59. The SMILES string of the molecule is CC/C=N/CNC1C(N)C1/C=C/c1ccccc1. The highest BCUT2D eigenvalue weighted by Crippen LogP contribution is 2.31. The Labute approximate surface area is 109 Å². The van der Waals surface area contributed by atoms with Gasteiger partial charge in [0, 0.05) is 24.2 Å². The molecule has 1 saturated carbocycles. The van der Waals surface area contributed by atoms with Gasteiger partial charge in [-0.25, -0.2) is 0 Å². The van der Waals surface area contributed by atoms with Crippen LogP contribution in [0.5, 0.6) is 0 Å². The van der Waals surface area contributed by atoms with Crippen LogP contribution in [0.3, 0.4) is 0 Å². The molecule has 1 aromatic carbocycles. The third kappa shape index (κ3) is 3.52. The Bertz CT molecular complexity index is 411. The van der Waals surface area contributed by atoms with E-state index in [1.54, 1.807) is 0 Å². The van der Waals surface area contributed by atoms with Crippen molar-refractivity contribution in [2.45, 2.75) is 25.4 Å².